The quantitative estimate of drug-likeness (QED) is 0.797. The molecule has 4 aliphatic rings. The van der Waals surface area contributed by atoms with E-state index in [1.165, 1.54) is 52.0 Å². The molecule has 1 N–H and O–H groups in total. The fourth-order valence-electron chi connectivity index (χ4n) is 4.00. The monoisotopic (exact) mass is 267 g/mol. The molecule has 0 amide bonds. The Morgan fingerprint density at radius 3 is 2.47 bits per heavy atom. The van der Waals surface area contributed by atoms with Gasteiger partial charge in [0.15, 0.2) is 0 Å². The highest BCUT2D eigenvalue weighted by Gasteiger charge is 2.39. The van der Waals surface area contributed by atoms with E-state index in [9.17, 15) is 0 Å². The smallest absolute Gasteiger partial charge is 0.0469 e. The summed E-state index contributed by atoms with van der Waals surface area (Å²) in [5, 5.41) is 3.87. The lowest BCUT2D eigenvalue weighted by Crippen LogP contribution is -2.67. The van der Waals surface area contributed by atoms with Crippen molar-refractivity contribution < 1.29 is 4.74 Å². The van der Waals surface area contributed by atoms with E-state index in [-0.39, 0.29) is 0 Å². The van der Waals surface area contributed by atoms with E-state index in [2.05, 4.69) is 22.0 Å². The number of piperazine rings is 3. The van der Waals surface area contributed by atoms with Crippen molar-refractivity contribution in [1.82, 2.24) is 15.1 Å². The second-order valence-electron chi connectivity index (χ2n) is 6.33. The van der Waals surface area contributed by atoms with Gasteiger partial charge in [-0.15, -0.1) is 0 Å². The molecule has 110 valence electrons. The molecule has 0 spiro atoms. The van der Waals surface area contributed by atoms with Gasteiger partial charge < -0.3 is 10.1 Å². The van der Waals surface area contributed by atoms with Crippen LogP contribution in [0, 0.1) is 5.92 Å². The van der Waals surface area contributed by atoms with Gasteiger partial charge in [-0.3, -0.25) is 9.80 Å². The van der Waals surface area contributed by atoms with Gasteiger partial charge in [-0.25, -0.2) is 0 Å². The summed E-state index contributed by atoms with van der Waals surface area (Å²) in [5.74, 6) is 0.811. The Morgan fingerprint density at radius 1 is 1.16 bits per heavy atom. The van der Waals surface area contributed by atoms with Crippen molar-refractivity contribution in [2.75, 3.05) is 52.5 Å². The van der Waals surface area contributed by atoms with Crippen molar-refractivity contribution in [1.29, 1.82) is 0 Å². The average Bonchev–Trinajstić information content (AvgIpc) is 2.50. The minimum absolute atomic E-state index is 0.673. The highest BCUT2D eigenvalue weighted by Crippen LogP contribution is 2.27. The first-order valence-corrected chi connectivity index (χ1v) is 8.16. The maximum absolute atomic E-state index is 5.55. The van der Waals surface area contributed by atoms with E-state index in [4.69, 9.17) is 4.74 Å². The third-order valence-electron chi connectivity index (χ3n) is 5.14. The van der Waals surface area contributed by atoms with Crippen LogP contribution in [0.15, 0.2) is 0 Å². The van der Waals surface area contributed by atoms with Crippen LogP contribution in [0.4, 0.5) is 0 Å². The van der Waals surface area contributed by atoms with Gasteiger partial charge in [0.2, 0.25) is 0 Å². The van der Waals surface area contributed by atoms with Gasteiger partial charge in [0, 0.05) is 58.0 Å². The largest absolute Gasteiger partial charge is 0.381 e. The first kappa shape index (κ1) is 13.8. The van der Waals surface area contributed by atoms with Gasteiger partial charge in [-0.2, -0.15) is 0 Å². The molecule has 0 aromatic carbocycles. The lowest BCUT2D eigenvalue weighted by atomic mass is 9.84. The standard InChI is InChI=1S/C15H29N3O/c1-2-5-16-15(13-3-10-19-11-4-13)14-12-17-6-8-18(14)9-7-17/h13-16H,2-12H2,1H3. The summed E-state index contributed by atoms with van der Waals surface area (Å²) in [4.78, 5) is 5.40. The van der Waals surface area contributed by atoms with Gasteiger partial charge in [0.05, 0.1) is 0 Å². The average molecular weight is 267 g/mol. The zero-order valence-corrected chi connectivity index (χ0v) is 12.3. The van der Waals surface area contributed by atoms with Crippen LogP contribution in [0.1, 0.15) is 26.2 Å². The summed E-state index contributed by atoms with van der Waals surface area (Å²) in [6.07, 6.45) is 3.72. The summed E-state index contributed by atoms with van der Waals surface area (Å²) in [6, 6.07) is 1.41. The highest BCUT2D eigenvalue weighted by atomic mass is 16.5. The Labute approximate surface area is 117 Å². The molecule has 0 radical (unpaired) electrons. The Morgan fingerprint density at radius 2 is 1.89 bits per heavy atom. The molecule has 19 heavy (non-hydrogen) atoms. The summed E-state index contributed by atoms with van der Waals surface area (Å²) in [5.41, 5.74) is 0. The molecule has 0 saturated carbocycles. The molecule has 4 rings (SSSR count). The van der Waals surface area contributed by atoms with Crippen molar-refractivity contribution in [3.63, 3.8) is 0 Å². The van der Waals surface area contributed by atoms with Crippen molar-refractivity contribution in [3.05, 3.63) is 0 Å². The Bertz CT molecular complexity index is 273. The number of rotatable bonds is 5. The van der Waals surface area contributed by atoms with Crippen molar-refractivity contribution >= 4 is 0 Å². The summed E-state index contributed by atoms with van der Waals surface area (Å²) in [7, 11) is 0. The third kappa shape index (κ3) is 3.13. The SMILES string of the molecule is CCCNC(C1CCOCC1)C1CN2CCN1CC2. The second kappa shape index (κ2) is 6.53. The van der Waals surface area contributed by atoms with Crippen molar-refractivity contribution in [3.8, 4) is 0 Å². The van der Waals surface area contributed by atoms with E-state index in [0.29, 0.717) is 6.04 Å². The van der Waals surface area contributed by atoms with E-state index in [1.807, 2.05) is 0 Å². The fraction of sp³-hybridized carbons (Fsp3) is 1.00. The number of fused-ring (bicyclic) bond motifs is 3. The molecular weight excluding hydrogens is 238 g/mol. The van der Waals surface area contributed by atoms with Crippen molar-refractivity contribution in [2.24, 2.45) is 5.92 Å². The highest BCUT2D eigenvalue weighted by molar-refractivity contribution is 4.97. The van der Waals surface area contributed by atoms with Crippen molar-refractivity contribution in [2.45, 2.75) is 38.3 Å². The Balaban J connectivity index is 1.66. The predicted molar refractivity (Wildman–Crippen MR) is 77.4 cm³/mol. The van der Waals surface area contributed by atoms with Crippen LogP contribution in [0.2, 0.25) is 0 Å². The van der Waals surface area contributed by atoms with E-state index >= 15 is 0 Å². The van der Waals surface area contributed by atoms with Gasteiger partial charge in [-0.1, -0.05) is 6.92 Å². The van der Waals surface area contributed by atoms with Gasteiger partial charge in [0.25, 0.3) is 0 Å². The second-order valence-corrected chi connectivity index (χ2v) is 6.33. The molecule has 2 bridgehead atoms. The number of nitrogens with one attached hydrogen (secondary N) is 1. The first-order chi connectivity index (χ1) is 9.38. The number of hydrogen-bond acceptors (Lipinski definition) is 4. The Hall–Kier alpha value is -0.160. The van der Waals surface area contributed by atoms with E-state index < -0.39 is 0 Å². The summed E-state index contributed by atoms with van der Waals surface area (Å²) >= 11 is 0. The van der Waals surface area contributed by atoms with Gasteiger partial charge in [0.1, 0.15) is 0 Å². The Kier molecular flexibility index (Phi) is 4.74. The van der Waals surface area contributed by atoms with Crippen LogP contribution < -0.4 is 5.32 Å². The fourth-order valence-corrected chi connectivity index (χ4v) is 4.00. The molecule has 4 aliphatic heterocycles. The normalized spacial score (nSPS) is 37.4. The molecular formula is C15H29N3O. The maximum atomic E-state index is 5.55. The lowest BCUT2D eigenvalue weighted by molar-refractivity contribution is -0.0287. The minimum Gasteiger partial charge on any atom is -0.381 e. The van der Waals surface area contributed by atoms with Crippen LogP contribution in [-0.4, -0.2) is 74.4 Å². The van der Waals surface area contributed by atoms with Gasteiger partial charge >= 0.3 is 0 Å². The molecule has 0 aliphatic carbocycles. The molecule has 4 heteroatoms. The number of nitrogens with zero attached hydrogens (tertiary/aromatic N) is 2. The number of ether oxygens (including phenoxy) is 1. The summed E-state index contributed by atoms with van der Waals surface area (Å²) < 4.78 is 5.55. The summed E-state index contributed by atoms with van der Waals surface area (Å²) in [6.45, 7) is 11.7. The third-order valence-corrected chi connectivity index (χ3v) is 5.14. The van der Waals surface area contributed by atoms with Crippen LogP contribution in [0.5, 0.6) is 0 Å². The topological polar surface area (TPSA) is 27.7 Å². The molecule has 4 heterocycles. The molecule has 0 aromatic rings. The zero-order valence-electron chi connectivity index (χ0n) is 12.3. The first-order valence-electron chi connectivity index (χ1n) is 8.16. The van der Waals surface area contributed by atoms with Crippen LogP contribution in [-0.2, 0) is 4.74 Å². The van der Waals surface area contributed by atoms with E-state index in [0.717, 1.165) is 31.7 Å². The molecule has 2 atom stereocenters. The minimum atomic E-state index is 0.673. The van der Waals surface area contributed by atoms with Gasteiger partial charge in [-0.05, 0) is 31.7 Å². The van der Waals surface area contributed by atoms with E-state index in [1.54, 1.807) is 0 Å². The molecule has 4 fully saturated rings. The zero-order chi connectivity index (χ0) is 13.1. The predicted octanol–water partition coefficient (Wildman–Crippen LogP) is 0.781. The molecule has 4 saturated heterocycles. The maximum Gasteiger partial charge on any atom is 0.0469 e. The molecule has 2 unspecified atom stereocenters. The van der Waals surface area contributed by atoms with Crippen LogP contribution in [0.3, 0.4) is 0 Å². The van der Waals surface area contributed by atoms with Crippen LogP contribution in [0.25, 0.3) is 0 Å². The molecule has 4 nitrogen and oxygen atoms in total. The number of hydrogen-bond donors (Lipinski definition) is 1. The van der Waals surface area contributed by atoms with Crippen LogP contribution >= 0.6 is 0 Å². The lowest BCUT2D eigenvalue weighted by Gasteiger charge is -2.52. The molecule has 0 aromatic heterocycles.